The van der Waals surface area contributed by atoms with Crippen molar-refractivity contribution in [1.82, 2.24) is 0 Å². The SMILES string of the molecule is CCC(CC)[C@@H](c1ccc(F)cc1C)[C@H](C)OC(=O)[C@H](C)N. The Balaban J connectivity index is 3.15. The number of aryl methyl sites for hydroxylation is 1. The Morgan fingerprint density at radius 2 is 1.86 bits per heavy atom. The van der Waals surface area contributed by atoms with E-state index in [9.17, 15) is 9.18 Å². The van der Waals surface area contributed by atoms with Gasteiger partial charge in [-0.2, -0.15) is 0 Å². The Hall–Kier alpha value is -1.42. The minimum atomic E-state index is -0.640. The van der Waals surface area contributed by atoms with Gasteiger partial charge in [-0.1, -0.05) is 32.8 Å². The summed E-state index contributed by atoms with van der Waals surface area (Å²) in [6, 6.07) is 4.17. The number of esters is 1. The molecule has 0 saturated carbocycles. The molecule has 1 aromatic carbocycles. The molecule has 0 amide bonds. The third-order valence-electron chi connectivity index (χ3n) is 4.33. The van der Waals surface area contributed by atoms with Gasteiger partial charge >= 0.3 is 5.97 Å². The normalized spacial score (nSPS) is 15.5. The van der Waals surface area contributed by atoms with Crippen LogP contribution in [0.25, 0.3) is 0 Å². The topological polar surface area (TPSA) is 52.3 Å². The number of carbonyl (C=O) groups excluding carboxylic acids is 1. The fourth-order valence-corrected chi connectivity index (χ4v) is 3.06. The van der Waals surface area contributed by atoms with E-state index in [0.29, 0.717) is 5.92 Å². The molecule has 0 aromatic heterocycles. The molecule has 3 nitrogen and oxygen atoms in total. The number of halogens is 1. The number of ether oxygens (including phenoxy) is 1. The van der Waals surface area contributed by atoms with Crippen LogP contribution in [0.15, 0.2) is 18.2 Å². The Labute approximate surface area is 133 Å². The maximum Gasteiger partial charge on any atom is 0.322 e. The van der Waals surface area contributed by atoms with Crippen molar-refractivity contribution in [2.24, 2.45) is 11.7 Å². The third kappa shape index (κ3) is 4.54. The van der Waals surface area contributed by atoms with Crippen LogP contribution < -0.4 is 5.73 Å². The molecular weight excluding hydrogens is 281 g/mol. The summed E-state index contributed by atoms with van der Waals surface area (Å²) in [5, 5.41) is 0. The van der Waals surface area contributed by atoms with Gasteiger partial charge in [0.25, 0.3) is 0 Å². The summed E-state index contributed by atoms with van der Waals surface area (Å²) in [4.78, 5) is 11.8. The summed E-state index contributed by atoms with van der Waals surface area (Å²) in [6.07, 6.45) is 1.64. The van der Waals surface area contributed by atoms with E-state index in [1.165, 1.54) is 12.1 Å². The van der Waals surface area contributed by atoms with Gasteiger partial charge in [0.15, 0.2) is 0 Å². The summed E-state index contributed by atoms with van der Waals surface area (Å²) >= 11 is 0. The average Bonchev–Trinajstić information content (AvgIpc) is 2.45. The van der Waals surface area contributed by atoms with Crippen LogP contribution in [0, 0.1) is 18.7 Å². The first-order valence-electron chi connectivity index (χ1n) is 8.03. The standard InChI is InChI=1S/C18H28FNO2/c1-6-14(7-2)17(13(5)22-18(21)12(4)20)16-9-8-15(19)10-11(16)3/h8-10,12-14,17H,6-7,20H2,1-5H3/t12-,13-,17-/m0/s1. The molecule has 0 bridgehead atoms. The number of hydrogen-bond donors (Lipinski definition) is 1. The second-order valence-corrected chi connectivity index (χ2v) is 6.03. The zero-order chi connectivity index (χ0) is 16.9. The molecule has 3 atom stereocenters. The molecular formula is C18H28FNO2. The van der Waals surface area contributed by atoms with Gasteiger partial charge in [0.05, 0.1) is 0 Å². The molecule has 0 aliphatic heterocycles. The van der Waals surface area contributed by atoms with Crippen molar-refractivity contribution in [3.8, 4) is 0 Å². The summed E-state index contributed by atoms with van der Waals surface area (Å²) in [6.45, 7) is 9.66. The minimum Gasteiger partial charge on any atom is -0.461 e. The largest absolute Gasteiger partial charge is 0.461 e. The van der Waals surface area contributed by atoms with Crippen molar-refractivity contribution in [1.29, 1.82) is 0 Å². The van der Waals surface area contributed by atoms with Crippen LogP contribution in [0.5, 0.6) is 0 Å². The lowest BCUT2D eigenvalue weighted by Gasteiger charge is -2.32. The molecule has 0 heterocycles. The molecule has 2 N–H and O–H groups in total. The summed E-state index contributed by atoms with van der Waals surface area (Å²) in [7, 11) is 0. The molecule has 0 unspecified atom stereocenters. The first-order valence-corrected chi connectivity index (χ1v) is 8.03. The summed E-state index contributed by atoms with van der Waals surface area (Å²) < 4.78 is 18.9. The van der Waals surface area contributed by atoms with E-state index in [0.717, 1.165) is 24.0 Å². The maximum atomic E-state index is 13.4. The molecule has 0 aliphatic rings. The van der Waals surface area contributed by atoms with E-state index < -0.39 is 12.0 Å². The van der Waals surface area contributed by atoms with Gasteiger partial charge in [-0.05, 0) is 49.9 Å². The molecule has 22 heavy (non-hydrogen) atoms. The molecule has 124 valence electrons. The van der Waals surface area contributed by atoms with Crippen molar-refractivity contribution in [2.45, 2.75) is 65.5 Å². The predicted molar refractivity (Wildman–Crippen MR) is 87.2 cm³/mol. The van der Waals surface area contributed by atoms with Crippen molar-refractivity contribution < 1.29 is 13.9 Å². The van der Waals surface area contributed by atoms with E-state index in [2.05, 4.69) is 13.8 Å². The van der Waals surface area contributed by atoms with Crippen molar-refractivity contribution in [3.63, 3.8) is 0 Å². The molecule has 1 aromatic rings. The highest BCUT2D eigenvalue weighted by molar-refractivity contribution is 5.75. The number of nitrogens with two attached hydrogens (primary N) is 1. The monoisotopic (exact) mass is 309 g/mol. The summed E-state index contributed by atoms with van der Waals surface area (Å²) in [5.74, 6) is -0.244. The Kier molecular flexibility index (Phi) is 7.01. The average molecular weight is 309 g/mol. The lowest BCUT2D eigenvalue weighted by Crippen LogP contribution is -2.35. The first kappa shape index (κ1) is 18.6. The number of rotatable bonds is 7. The quantitative estimate of drug-likeness (QED) is 0.776. The van der Waals surface area contributed by atoms with Crippen molar-refractivity contribution >= 4 is 5.97 Å². The number of hydrogen-bond acceptors (Lipinski definition) is 3. The zero-order valence-electron chi connectivity index (χ0n) is 14.2. The van der Waals surface area contributed by atoms with Crippen LogP contribution in [-0.4, -0.2) is 18.1 Å². The highest BCUT2D eigenvalue weighted by atomic mass is 19.1. The fraction of sp³-hybridized carbons (Fsp3) is 0.611. The maximum absolute atomic E-state index is 13.4. The van der Waals surface area contributed by atoms with Gasteiger partial charge < -0.3 is 10.5 Å². The zero-order valence-corrected chi connectivity index (χ0v) is 14.2. The van der Waals surface area contributed by atoms with E-state index in [-0.39, 0.29) is 17.8 Å². The van der Waals surface area contributed by atoms with Crippen LogP contribution in [0.3, 0.4) is 0 Å². The lowest BCUT2D eigenvalue weighted by molar-refractivity contribution is -0.151. The highest BCUT2D eigenvalue weighted by Crippen LogP contribution is 2.36. The van der Waals surface area contributed by atoms with E-state index in [1.807, 2.05) is 19.9 Å². The Morgan fingerprint density at radius 1 is 1.27 bits per heavy atom. The van der Waals surface area contributed by atoms with Gasteiger partial charge in [0.1, 0.15) is 18.0 Å². The second-order valence-electron chi connectivity index (χ2n) is 6.03. The van der Waals surface area contributed by atoms with Crippen LogP contribution in [0.2, 0.25) is 0 Å². The molecule has 0 aliphatic carbocycles. The van der Waals surface area contributed by atoms with Gasteiger partial charge in [-0.3, -0.25) is 4.79 Å². The van der Waals surface area contributed by atoms with E-state index >= 15 is 0 Å². The van der Waals surface area contributed by atoms with Gasteiger partial charge in [0.2, 0.25) is 0 Å². The highest BCUT2D eigenvalue weighted by Gasteiger charge is 2.30. The molecule has 4 heteroatoms. The van der Waals surface area contributed by atoms with Crippen molar-refractivity contribution in [2.75, 3.05) is 0 Å². The minimum absolute atomic E-state index is 0.0401. The van der Waals surface area contributed by atoms with E-state index in [1.54, 1.807) is 6.92 Å². The van der Waals surface area contributed by atoms with Crippen LogP contribution in [-0.2, 0) is 9.53 Å². The Morgan fingerprint density at radius 3 is 2.32 bits per heavy atom. The van der Waals surface area contributed by atoms with Gasteiger partial charge in [-0.15, -0.1) is 0 Å². The van der Waals surface area contributed by atoms with Gasteiger partial charge in [0, 0.05) is 5.92 Å². The predicted octanol–water partition coefficient (Wildman–Crippen LogP) is 3.93. The fourth-order valence-electron chi connectivity index (χ4n) is 3.06. The number of benzene rings is 1. The third-order valence-corrected chi connectivity index (χ3v) is 4.33. The number of carbonyl (C=O) groups is 1. The smallest absolute Gasteiger partial charge is 0.322 e. The van der Waals surface area contributed by atoms with Crippen LogP contribution in [0.1, 0.15) is 57.6 Å². The van der Waals surface area contributed by atoms with Gasteiger partial charge in [-0.25, -0.2) is 4.39 Å². The molecule has 0 saturated heterocycles. The summed E-state index contributed by atoms with van der Waals surface area (Å²) in [5.41, 5.74) is 7.52. The van der Waals surface area contributed by atoms with Crippen LogP contribution >= 0.6 is 0 Å². The lowest BCUT2D eigenvalue weighted by atomic mass is 9.78. The molecule has 0 spiro atoms. The van der Waals surface area contributed by atoms with E-state index in [4.69, 9.17) is 10.5 Å². The Bertz CT molecular complexity index is 498. The molecule has 1 rings (SSSR count). The first-order chi connectivity index (χ1) is 10.3. The second kappa shape index (κ2) is 8.28. The molecule has 0 fully saturated rings. The van der Waals surface area contributed by atoms with Crippen molar-refractivity contribution in [3.05, 3.63) is 35.1 Å². The molecule has 0 radical (unpaired) electrons. The van der Waals surface area contributed by atoms with Crippen LogP contribution in [0.4, 0.5) is 4.39 Å².